The van der Waals surface area contributed by atoms with Gasteiger partial charge in [0.05, 0.1) is 17.4 Å². The predicted octanol–water partition coefficient (Wildman–Crippen LogP) is 2.01. The molecule has 1 fully saturated rings. The summed E-state index contributed by atoms with van der Waals surface area (Å²) in [5.41, 5.74) is 1.53. The maximum absolute atomic E-state index is 12.6. The number of amides is 1. The molecule has 0 spiro atoms. The van der Waals surface area contributed by atoms with Crippen molar-refractivity contribution in [1.82, 2.24) is 9.88 Å². The Balaban J connectivity index is 2.02. The van der Waals surface area contributed by atoms with Crippen molar-refractivity contribution in [2.24, 2.45) is 5.92 Å². The summed E-state index contributed by atoms with van der Waals surface area (Å²) in [6.45, 7) is 5.20. The fourth-order valence-electron chi connectivity index (χ4n) is 2.62. The number of hydrogen-bond acceptors (Lipinski definition) is 4. The molecule has 110 valence electrons. The van der Waals surface area contributed by atoms with E-state index in [1.807, 2.05) is 11.8 Å². The Morgan fingerprint density at radius 1 is 1.50 bits per heavy atom. The van der Waals surface area contributed by atoms with Gasteiger partial charge in [0, 0.05) is 39.5 Å². The molecule has 5 heteroatoms. The van der Waals surface area contributed by atoms with Crippen LogP contribution in [-0.4, -0.2) is 49.1 Å². The monoisotopic (exact) mass is 277 g/mol. The Hall–Kier alpha value is -1.62. The van der Waals surface area contributed by atoms with Gasteiger partial charge in [0.25, 0.3) is 5.91 Å². The largest absolute Gasteiger partial charge is 0.384 e. The van der Waals surface area contributed by atoms with Crippen LogP contribution in [0.15, 0.2) is 18.5 Å². The van der Waals surface area contributed by atoms with Crippen molar-refractivity contribution in [3.8, 4) is 0 Å². The fraction of sp³-hybridized carbons (Fsp3) is 0.600. The molecule has 1 aliphatic rings. The summed E-state index contributed by atoms with van der Waals surface area (Å²) in [5.74, 6) is 0.675. The van der Waals surface area contributed by atoms with Gasteiger partial charge in [-0.15, -0.1) is 0 Å². The molecule has 1 saturated heterocycles. The van der Waals surface area contributed by atoms with Crippen molar-refractivity contribution in [2.45, 2.75) is 19.8 Å². The highest BCUT2D eigenvalue weighted by Crippen LogP contribution is 2.21. The van der Waals surface area contributed by atoms with E-state index >= 15 is 0 Å². The summed E-state index contributed by atoms with van der Waals surface area (Å²) >= 11 is 0. The number of ether oxygens (including phenoxy) is 1. The molecule has 20 heavy (non-hydrogen) atoms. The molecule has 0 saturated carbocycles. The van der Waals surface area contributed by atoms with Crippen molar-refractivity contribution < 1.29 is 9.53 Å². The Labute approximate surface area is 120 Å². The molecule has 1 aromatic heterocycles. The van der Waals surface area contributed by atoms with Crippen molar-refractivity contribution in [2.75, 3.05) is 38.7 Å². The minimum Gasteiger partial charge on any atom is -0.384 e. The van der Waals surface area contributed by atoms with Gasteiger partial charge in [-0.2, -0.15) is 0 Å². The maximum atomic E-state index is 12.6. The van der Waals surface area contributed by atoms with E-state index in [9.17, 15) is 4.79 Å². The van der Waals surface area contributed by atoms with Gasteiger partial charge in [-0.25, -0.2) is 0 Å². The Morgan fingerprint density at radius 2 is 2.25 bits per heavy atom. The van der Waals surface area contributed by atoms with Gasteiger partial charge in [0.2, 0.25) is 0 Å². The Bertz CT molecular complexity index is 442. The molecule has 5 nitrogen and oxygen atoms in total. The average molecular weight is 277 g/mol. The van der Waals surface area contributed by atoms with Crippen LogP contribution in [0.1, 0.15) is 30.1 Å². The van der Waals surface area contributed by atoms with Crippen LogP contribution in [0, 0.1) is 5.92 Å². The van der Waals surface area contributed by atoms with Gasteiger partial charge in [-0.05, 0) is 31.7 Å². The number of carbonyl (C=O) groups excluding carboxylic acids is 1. The summed E-state index contributed by atoms with van der Waals surface area (Å²) in [6, 6.07) is 1.79. The number of piperidine rings is 1. The number of carbonyl (C=O) groups is 1. The van der Waals surface area contributed by atoms with E-state index in [1.165, 1.54) is 0 Å². The van der Waals surface area contributed by atoms with E-state index in [2.05, 4.69) is 10.3 Å². The van der Waals surface area contributed by atoms with Gasteiger partial charge in [0.15, 0.2) is 0 Å². The van der Waals surface area contributed by atoms with Crippen LogP contribution in [-0.2, 0) is 4.74 Å². The van der Waals surface area contributed by atoms with Crippen LogP contribution in [0.2, 0.25) is 0 Å². The highest BCUT2D eigenvalue weighted by molar-refractivity contribution is 5.99. The Kier molecular flexibility index (Phi) is 5.35. The quantitative estimate of drug-likeness (QED) is 0.894. The molecule has 0 aromatic carbocycles. The number of nitrogens with one attached hydrogen (secondary N) is 1. The molecular formula is C15H23N3O2. The highest BCUT2D eigenvalue weighted by Gasteiger charge is 2.24. The van der Waals surface area contributed by atoms with Crippen molar-refractivity contribution >= 4 is 11.6 Å². The number of pyridine rings is 1. The SMILES string of the molecule is CCNc1cnccc1C(=O)N1CCC(COC)CC1. The number of hydrogen-bond donors (Lipinski definition) is 1. The van der Waals surface area contributed by atoms with Crippen LogP contribution in [0.25, 0.3) is 0 Å². The van der Waals surface area contributed by atoms with E-state index < -0.39 is 0 Å². The number of likely N-dealkylation sites (tertiary alicyclic amines) is 1. The highest BCUT2D eigenvalue weighted by atomic mass is 16.5. The van der Waals surface area contributed by atoms with Crippen LogP contribution in [0.3, 0.4) is 0 Å². The third-order valence-corrected chi connectivity index (χ3v) is 3.72. The second-order valence-electron chi connectivity index (χ2n) is 5.14. The van der Waals surface area contributed by atoms with E-state index in [1.54, 1.807) is 25.6 Å². The number of methoxy groups -OCH3 is 1. The van der Waals surface area contributed by atoms with Crippen LogP contribution in [0.4, 0.5) is 5.69 Å². The minimum atomic E-state index is 0.0965. The number of nitrogens with zero attached hydrogens (tertiary/aromatic N) is 2. The molecule has 2 rings (SSSR count). The van der Waals surface area contributed by atoms with Gasteiger partial charge < -0.3 is 15.0 Å². The van der Waals surface area contributed by atoms with Gasteiger partial charge >= 0.3 is 0 Å². The third-order valence-electron chi connectivity index (χ3n) is 3.72. The smallest absolute Gasteiger partial charge is 0.256 e. The van der Waals surface area contributed by atoms with Gasteiger partial charge in [0.1, 0.15) is 0 Å². The van der Waals surface area contributed by atoms with Gasteiger partial charge in [-0.1, -0.05) is 0 Å². The lowest BCUT2D eigenvalue weighted by atomic mass is 9.97. The maximum Gasteiger partial charge on any atom is 0.256 e. The topological polar surface area (TPSA) is 54.5 Å². The number of anilines is 1. The summed E-state index contributed by atoms with van der Waals surface area (Å²) in [4.78, 5) is 18.6. The molecule has 0 aliphatic carbocycles. The molecule has 1 aliphatic heterocycles. The molecule has 1 aromatic rings. The summed E-state index contributed by atoms with van der Waals surface area (Å²) < 4.78 is 5.19. The second kappa shape index (κ2) is 7.24. The lowest BCUT2D eigenvalue weighted by Crippen LogP contribution is -2.39. The van der Waals surface area contributed by atoms with Crippen molar-refractivity contribution in [1.29, 1.82) is 0 Å². The van der Waals surface area contributed by atoms with Crippen LogP contribution >= 0.6 is 0 Å². The average Bonchev–Trinajstić information content (AvgIpc) is 2.49. The first-order chi connectivity index (χ1) is 9.76. The first-order valence-corrected chi connectivity index (χ1v) is 7.22. The summed E-state index contributed by atoms with van der Waals surface area (Å²) in [5, 5.41) is 3.20. The minimum absolute atomic E-state index is 0.0965. The van der Waals surface area contributed by atoms with Gasteiger partial charge in [-0.3, -0.25) is 9.78 Å². The molecule has 0 bridgehead atoms. The fourth-order valence-corrected chi connectivity index (χ4v) is 2.62. The first kappa shape index (κ1) is 14.8. The second-order valence-corrected chi connectivity index (χ2v) is 5.14. The van der Waals surface area contributed by atoms with Crippen molar-refractivity contribution in [3.05, 3.63) is 24.0 Å². The summed E-state index contributed by atoms with van der Waals surface area (Å²) in [7, 11) is 1.73. The molecular weight excluding hydrogens is 254 g/mol. The van der Waals surface area contributed by atoms with E-state index in [0.29, 0.717) is 11.5 Å². The molecule has 0 unspecified atom stereocenters. The molecule has 0 atom stereocenters. The zero-order valence-electron chi connectivity index (χ0n) is 12.3. The normalized spacial score (nSPS) is 16.2. The zero-order valence-corrected chi connectivity index (χ0v) is 12.3. The Morgan fingerprint density at radius 3 is 2.90 bits per heavy atom. The standard InChI is InChI=1S/C15H23N3O2/c1-3-17-14-10-16-7-4-13(14)15(19)18-8-5-12(6-9-18)11-20-2/h4,7,10,12,17H,3,5-6,8-9,11H2,1-2H3. The molecule has 1 N–H and O–H groups in total. The van der Waals surface area contributed by atoms with Crippen LogP contribution in [0.5, 0.6) is 0 Å². The first-order valence-electron chi connectivity index (χ1n) is 7.22. The van der Waals surface area contributed by atoms with E-state index in [4.69, 9.17) is 4.74 Å². The van der Waals surface area contributed by atoms with Crippen molar-refractivity contribution in [3.63, 3.8) is 0 Å². The summed E-state index contributed by atoms with van der Waals surface area (Å²) in [6.07, 6.45) is 5.42. The predicted molar refractivity (Wildman–Crippen MR) is 78.9 cm³/mol. The number of rotatable bonds is 5. The molecule has 0 radical (unpaired) electrons. The lowest BCUT2D eigenvalue weighted by Gasteiger charge is -2.32. The third kappa shape index (κ3) is 3.48. The lowest BCUT2D eigenvalue weighted by molar-refractivity contribution is 0.0614. The van der Waals surface area contributed by atoms with E-state index in [-0.39, 0.29) is 5.91 Å². The zero-order chi connectivity index (χ0) is 14.4. The molecule has 1 amide bonds. The van der Waals surface area contributed by atoms with Crippen LogP contribution < -0.4 is 5.32 Å². The number of aromatic nitrogens is 1. The molecule has 2 heterocycles. The van der Waals surface area contributed by atoms with E-state index in [0.717, 1.165) is 44.8 Å².